The number of alkyl halides is 3. The van der Waals surface area contributed by atoms with E-state index in [1.807, 2.05) is 12.1 Å². The Morgan fingerprint density at radius 1 is 0.967 bits per heavy atom. The predicted octanol–water partition coefficient (Wildman–Crippen LogP) is 3.00. The van der Waals surface area contributed by atoms with E-state index in [-0.39, 0.29) is 11.3 Å². The first kappa shape index (κ1) is 20.0. The number of nitrogens with zero attached hydrogens (tertiary/aromatic N) is 2. The highest BCUT2D eigenvalue weighted by Gasteiger charge is 2.36. The van der Waals surface area contributed by atoms with Crippen LogP contribution in [-0.4, -0.2) is 38.1 Å². The highest BCUT2D eigenvalue weighted by Crippen LogP contribution is 2.32. The Morgan fingerprint density at radius 3 is 2.33 bits per heavy atom. The lowest BCUT2D eigenvalue weighted by Crippen LogP contribution is -2.36. The topological polar surface area (TPSA) is 61.9 Å². The monoisotopic (exact) mass is 417 g/mol. The summed E-state index contributed by atoms with van der Waals surface area (Å²) in [5, 5.41) is 0.825. The van der Waals surface area contributed by atoms with Gasteiger partial charge in [-0.2, -0.15) is 13.2 Å². The molecule has 30 heavy (non-hydrogen) atoms. The number of halogens is 3. The highest BCUT2D eigenvalue weighted by atomic mass is 19.4. The fourth-order valence-corrected chi connectivity index (χ4v) is 3.33. The van der Waals surface area contributed by atoms with Gasteiger partial charge in [-0.15, -0.1) is 0 Å². The van der Waals surface area contributed by atoms with Gasteiger partial charge in [0.05, 0.1) is 24.5 Å². The normalized spacial score (nSPS) is 18.8. The van der Waals surface area contributed by atoms with E-state index in [9.17, 15) is 22.8 Å². The van der Waals surface area contributed by atoms with Crippen LogP contribution in [0.5, 0.6) is 0 Å². The van der Waals surface area contributed by atoms with Gasteiger partial charge in [0, 0.05) is 18.8 Å². The van der Waals surface area contributed by atoms with E-state index in [0.29, 0.717) is 18.8 Å². The van der Waals surface area contributed by atoms with E-state index < -0.39 is 23.6 Å². The van der Waals surface area contributed by atoms with Crippen molar-refractivity contribution in [3.8, 4) is 0 Å². The molecular weight excluding hydrogens is 399 g/mol. The zero-order valence-corrected chi connectivity index (χ0v) is 15.8. The molecule has 0 atom stereocenters. The standard InChI is InChI=1S/C21H18F3N3O3/c22-21(23,24)15-2-1-3-17(13-15)27-20(29)18(19(28)25-27)12-14-4-6-16(7-5-14)26-8-10-30-11-9-26/h1-7,12-13H,8-11H2,(H,25,28)/b18-12-. The van der Waals surface area contributed by atoms with Gasteiger partial charge in [-0.3, -0.25) is 15.0 Å². The first-order valence-corrected chi connectivity index (χ1v) is 9.30. The lowest BCUT2D eigenvalue weighted by molar-refractivity contribution is -0.137. The van der Waals surface area contributed by atoms with Gasteiger partial charge in [-0.1, -0.05) is 18.2 Å². The highest BCUT2D eigenvalue weighted by molar-refractivity contribution is 6.31. The summed E-state index contributed by atoms with van der Waals surface area (Å²) in [5.41, 5.74) is 2.85. The van der Waals surface area contributed by atoms with Gasteiger partial charge < -0.3 is 9.64 Å². The molecule has 0 aliphatic carbocycles. The summed E-state index contributed by atoms with van der Waals surface area (Å²) in [7, 11) is 0. The minimum absolute atomic E-state index is 0.0609. The van der Waals surface area contributed by atoms with Crippen LogP contribution in [0.1, 0.15) is 11.1 Å². The first-order chi connectivity index (χ1) is 14.3. The van der Waals surface area contributed by atoms with Crippen molar-refractivity contribution in [1.82, 2.24) is 5.43 Å². The minimum atomic E-state index is -4.55. The Kier molecular flexibility index (Phi) is 5.21. The SMILES string of the molecule is O=C1NN(c2cccc(C(F)(F)F)c2)C(=O)/C1=C\c1ccc(N2CCOCC2)cc1. The maximum absolute atomic E-state index is 12.9. The quantitative estimate of drug-likeness (QED) is 0.616. The third-order valence-corrected chi connectivity index (χ3v) is 4.90. The van der Waals surface area contributed by atoms with E-state index >= 15 is 0 Å². The molecule has 2 heterocycles. The number of hydrogen-bond acceptors (Lipinski definition) is 4. The average Bonchev–Trinajstić information content (AvgIpc) is 3.03. The molecule has 2 aliphatic rings. The van der Waals surface area contributed by atoms with Crippen molar-refractivity contribution >= 4 is 29.3 Å². The van der Waals surface area contributed by atoms with Crippen LogP contribution < -0.4 is 15.3 Å². The van der Waals surface area contributed by atoms with Crippen LogP contribution in [0.3, 0.4) is 0 Å². The Hall–Kier alpha value is -3.33. The third kappa shape index (κ3) is 4.02. The Balaban J connectivity index is 1.55. The van der Waals surface area contributed by atoms with Gasteiger partial charge in [-0.25, -0.2) is 5.01 Å². The van der Waals surface area contributed by atoms with Crippen LogP contribution in [-0.2, 0) is 20.5 Å². The van der Waals surface area contributed by atoms with Crippen molar-refractivity contribution in [2.75, 3.05) is 36.2 Å². The Morgan fingerprint density at radius 2 is 1.67 bits per heavy atom. The summed E-state index contributed by atoms with van der Waals surface area (Å²) >= 11 is 0. The fourth-order valence-electron chi connectivity index (χ4n) is 3.33. The summed E-state index contributed by atoms with van der Waals surface area (Å²) < 4.78 is 44.2. The molecule has 0 bridgehead atoms. The molecule has 2 aromatic rings. The van der Waals surface area contributed by atoms with Gasteiger partial charge >= 0.3 is 6.18 Å². The molecule has 0 saturated carbocycles. The number of carbonyl (C=O) groups is 2. The van der Waals surface area contributed by atoms with E-state index in [4.69, 9.17) is 4.74 Å². The summed E-state index contributed by atoms with van der Waals surface area (Å²) in [5.74, 6) is -1.38. The van der Waals surface area contributed by atoms with Crippen molar-refractivity contribution < 1.29 is 27.5 Å². The number of amides is 2. The molecule has 9 heteroatoms. The average molecular weight is 417 g/mol. The number of carbonyl (C=O) groups excluding carboxylic acids is 2. The lowest BCUT2D eigenvalue weighted by atomic mass is 10.1. The van der Waals surface area contributed by atoms with Gasteiger partial charge in [0.2, 0.25) is 0 Å². The summed E-state index contributed by atoms with van der Waals surface area (Å²) in [6, 6.07) is 11.6. The molecule has 0 spiro atoms. The molecule has 1 N–H and O–H groups in total. The van der Waals surface area contributed by atoms with Crippen LogP contribution >= 0.6 is 0 Å². The number of nitrogens with one attached hydrogen (secondary N) is 1. The van der Waals surface area contributed by atoms with Gasteiger partial charge in [0.15, 0.2) is 0 Å². The van der Waals surface area contributed by atoms with Crippen molar-refractivity contribution in [2.45, 2.75) is 6.18 Å². The molecule has 156 valence electrons. The predicted molar refractivity (Wildman–Crippen MR) is 105 cm³/mol. The molecular formula is C21H18F3N3O3. The van der Waals surface area contributed by atoms with Crippen LogP contribution in [0.15, 0.2) is 54.1 Å². The molecule has 6 nitrogen and oxygen atoms in total. The molecule has 2 aromatic carbocycles. The molecule has 4 rings (SSSR count). The molecule has 0 aromatic heterocycles. The number of rotatable bonds is 3. The smallest absolute Gasteiger partial charge is 0.378 e. The van der Waals surface area contributed by atoms with Crippen molar-refractivity contribution in [3.63, 3.8) is 0 Å². The molecule has 0 radical (unpaired) electrons. The van der Waals surface area contributed by atoms with E-state index in [0.717, 1.165) is 35.9 Å². The van der Waals surface area contributed by atoms with Crippen LogP contribution in [0, 0.1) is 0 Å². The van der Waals surface area contributed by atoms with Crippen molar-refractivity contribution in [1.29, 1.82) is 0 Å². The lowest BCUT2D eigenvalue weighted by Gasteiger charge is -2.28. The number of hydrazine groups is 1. The molecule has 2 aliphatic heterocycles. The number of ether oxygens (including phenoxy) is 1. The second kappa shape index (κ2) is 7.83. The second-order valence-electron chi connectivity index (χ2n) is 6.88. The van der Waals surface area contributed by atoms with Gasteiger partial charge in [-0.05, 0) is 42.0 Å². The van der Waals surface area contributed by atoms with E-state index in [2.05, 4.69) is 10.3 Å². The summed E-state index contributed by atoms with van der Waals surface area (Å²) in [6.07, 6.45) is -3.13. The zero-order chi connectivity index (χ0) is 21.3. The largest absolute Gasteiger partial charge is 0.416 e. The second-order valence-corrected chi connectivity index (χ2v) is 6.88. The number of benzene rings is 2. The maximum atomic E-state index is 12.9. The van der Waals surface area contributed by atoms with Crippen LogP contribution in [0.4, 0.5) is 24.5 Å². The van der Waals surface area contributed by atoms with Gasteiger partial charge in [0.1, 0.15) is 5.57 Å². The summed E-state index contributed by atoms with van der Waals surface area (Å²) in [6.45, 7) is 2.89. The van der Waals surface area contributed by atoms with E-state index in [1.54, 1.807) is 12.1 Å². The number of hydrogen-bond donors (Lipinski definition) is 1. The molecule has 2 saturated heterocycles. The van der Waals surface area contributed by atoms with Crippen LogP contribution in [0.25, 0.3) is 6.08 Å². The Labute approximate surface area is 170 Å². The minimum Gasteiger partial charge on any atom is -0.378 e. The molecule has 2 amide bonds. The van der Waals surface area contributed by atoms with E-state index in [1.165, 1.54) is 18.2 Å². The van der Waals surface area contributed by atoms with Gasteiger partial charge in [0.25, 0.3) is 11.8 Å². The van der Waals surface area contributed by atoms with Crippen molar-refractivity contribution in [3.05, 3.63) is 65.2 Å². The summed E-state index contributed by atoms with van der Waals surface area (Å²) in [4.78, 5) is 27.1. The van der Waals surface area contributed by atoms with Crippen molar-refractivity contribution in [2.24, 2.45) is 0 Å². The molecule has 2 fully saturated rings. The zero-order valence-electron chi connectivity index (χ0n) is 15.8. The first-order valence-electron chi connectivity index (χ1n) is 9.30. The molecule has 0 unspecified atom stereocenters. The third-order valence-electron chi connectivity index (χ3n) is 4.90. The number of morpholine rings is 1. The van der Waals surface area contributed by atoms with Crippen LogP contribution in [0.2, 0.25) is 0 Å². The Bertz CT molecular complexity index is 997. The number of anilines is 2. The maximum Gasteiger partial charge on any atom is 0.416 e. The fraction of sp³-hybridized carbons (Fsp3) is 0.238.